The minimum absolute atomic E-state index is 0.825. The quantitative estimate of drug-likeness (QED) is 0.503. The number of hydrogen-bond acceptors (Lipinski definition) is 1. The molecule has 0 spiro atoms. The van der Waals surface area contributed by atoms with Crippen LogP contribution >= 0.6 is 35.2 Å². The molecule has 0 amide bonds. The Labute approximate surface area is 82.0 Å². The van der Waals surface area contributed by atoms with E-state index >= 15 is 0 Å². The summed E-state index contributed by atoms with van der Waals surface area (Å²) in [5.74, 6) is 1.67. The van der Waals surface area contributed by atoms with Gasteiger partial charge in [-0.2, -0.15) is 0 Å². The molecular formula is C8H13IS. The third-order valence-corrected chi connectivity index (χ3v) is 4.27. The zero-order chi connectivity index (χ0) is 7.72. The van der Waals surface area contributed by atoms with Crippen LogP contribution < -0.4 is 0 Å². The normalized spacial score (nSPS) is 34.8. The van der Waals surface area contributed by atoms with Gasteiger partial charge in [0.15, 0.2) is 0 Å². The Morgan fingerprint density at radius 1 is 1.30 bits per heavy atom. The molecule has 0 aromatic heterocycles. The Morgan fingerprint density at radius 2 is 1.80 bits per heavy atom. The predicted molar refractivity (Wildman–Crippen MR) is 57.6 cm³/mol. The van der Waals surface area contributed by atoms with Gasteiger partial charge in [0.25, 0.3) is 0 Å². The molecule has 1 rings (SSSR count). The first-order chi connectivity index (χ1) is 4.61. The molecule has 2 atom stereocenters. The monoisotopic (exact) mass is 268 g/mol. The summed E-state index contributed by atoms with van der Waals surface area (Å²) in [7, 11) is 0. The maximum Gasteiger partial charge on any atom is 0.000122 e. The van der Waals surface area contributed by atoms with E-state index < -0.39 is 0 Å². The third-order valence-electron chi connectivity index (χ3n) is 2.30. The summed E-state index contributed by atoms with van der Waals surface area (Å²) >= 11 is 6.84. The Bertz CT molecular complexity index is 145. The van der Waals surface area contributed by atoms with Crippen LogP contribution in [0.25, 0.3) is 0 Å². The molecule has 0 aliphatic heterocycles. The van der Waals surface area contributed by atoms with Crippen LogP contribution in [-0.4, -0.2) is 0 Å². The summed E-state index contributed by atoms with van der Waals surface area (Å²) in [4.78, 5) is 1.31. The van der Waals surface area contributed by atoms with Gasteiger partial charge in [-0.1, -0.05) is 13.8 Å². The van der Waals surface area contributed by atoms with E-state index in [1.54, 1.807) is 0 Å². The van der Waals surface area contributed by atoms with Gasteiger partial charge >= 0.3 is 0 Å². The van der Waals surface area contributed by atoms with Crippen LogP contribution in [0.3, 0.4) is 0 Å². The fourth-order valence-electron chi connectivity index (χ4n) is 1.22. The fraction of sp³-hybridized carbons (Fsp3) is 0.750. The van der Waals surface area contributed by atoms with E-state index in [1.807, 2.05) is 0 Å². The Morgan fingerprint density at radius 3 is 2.30 bits per heavy atom. The first-order valence-corrected chi connectivity index (χ1v) is 5.20. The molecule has 0 nitrogen and oxygen atoms in total. The minimum Gasteiger partial charge on any atom is -0.147 e. The van der Waals surface area contributed by atoms with Gasteiger partial charge in [0.1, 0.15) is 0 Å². The third kappa shape index (κ3) is 1.91. The van der Waals surface area contributed by atoms with Crippen molar-refractivity contribution in [2.75, 3.05) is 0 Å². The van der Waals surface area contributed by atoms with E-state index in [0.717, 1.165) is 11.8 Å². The highest BCUT2D eigenvalue weighted by Crippen LogP contribution is 2.38. The number of halogens is 1. The second-order valence-electron chi connectivity index (χ2n) is 3.21. The predicted octanol–water partition coefficient (Wildman–Crippen LogP) is 3.63. The average Bonchev–Trinajstić information content (AvgIpc) is 1.84. The van der Waals surface area contributed by atoms with Crippen LogP contribution in [0.4, 0.5) is 0 Å². The topological polar surface area (TPSA) is 0 Å². The lowest BCUT2D eigenvalue weighted by Crippen LogP contribution is -2.13. The van der Waals surface area contributed by atoms with E-state index in [2.05, 4.69) is 49.1 Å². The highest BCUT2D eigenvalue weighted by atomic mass is 127. The van der Waals surface area contributed by atoms with E-state index in [9.17, 15) is 0 Å². The second-order valence-corrected chi connectivity index (χ2v) is 5.06. The van der Waals surface area contributed by atoms with Gasteiger partial charge < -0.3 is 0 Å². The zero-order valence-electron chi connectivity index (χ0n) is 6.39. The van der Waals surface area contributed by atoms with Crippen molar-refractivity contribution in [1.29, 1.82) is 0 Å². The van der Waals surface area contributed by atoms with Crippen LogP contribution in [0.5, 0.6) is 0 Å². The molecule has 0 saturated carbocycles. The summed E-state index contributed by atoms with van der Waals surface area (Å²) in [5.41, 5.74) is 0. The van der Waals surface area contributed by atoms with Crippen LogP contribution in [0, 0.1) is 11.8 Å². The lowest BCUT2D eigenvalue weighted by Gasteiger charge is -2.25. The van der Waals surface area contributed by atoms with Gasteiger partial charge in [-0.05, 0) is 52.2 Å². The standard InChI is InChI=1S/C8H13IS/c1-5-3-7(9)8(10)4-6(5)2/h5-6,10H,3-4H2,1-2H3/t5-,6+/m0/s1. The molecule has 0 N–H and O–H groups in total. The highest BCUT2D eigenvalue weighted by molar-refractivity contribution is 14.1. The van der Waals surface area contributed by atoms with Gasteiger partial charge in [-0.15, -0.1) is 12.6 Å². The first kappa shape index (κ1) is 8.91. The molecule has 0 saturated heterocycles. The molecule has 2 heteroatoms. The molecule has 0 bridgehead atoms. The number of thiol groups is 1. The summed E-state index contributed by atoms with van der Waals surface area (Å²) in [6.45, 7) is 4.63. The van der Waals surface area contributed by atoms with Gasteiger partial charge in [0.05, 0.1) is 0 Å². The van der Waals surface area contributed by atoms with Gasteiger partial charge in [0.2, 0.25) is 0 Å². The number of hydrogen-bond donors (Lipinski definition) is 1. The SMILES string of the molecule is C[C@@H]1CC(S)=C(I)C[C@@H]1C. The maximum absolute atomic E-state index is 4.43. The van der Waals surface area contributed by atoms with Gasteiger partial charge in [0, 0.05) is 3.58 Å². The maximum atomic E-state index is 4.43. The largest absolute Gasteiger partial charge is 0.147 e. The van der Waals surface area contributed by atoms with E-state index in [1.165, 1.54) is 21.3 Å². The molecule has 0 radical (unpaired) electrons. The molecule has 0 unspecified atom stereocenters. The van der Waals surface area contributed by atoms with E-state index in [0.29, 0.717) is 0 Å². The van der Waals surface area contributed by atoms with Crippen LogP contribution in [0.15, 0.2) is 8.48 Å². The average molecular weight is 268 g/mol. The van der Waals surface area contributed by atoms with Crippen LogP contribution in [0.1, 0.15) is 26.7 Å². The van der Waals surface area contributed by atoms with Crippen molar-refractivity contribution in [3.63, 3.8) is 0 Å². The van der Waals surface area contributed by atoms with Crippen molar-refractivity contribution >= 4 is 35.2 Å². The minimum atomic E-state index is 0.825. The molecular weight excluding hydrogens is 255 g/mol. The Balaban J connectivity index is 2.69. The van der Waals surface area contributed by atoms with Crippen molar-refractivity contribution in [2.24, 2.45) is 11.8 Å². The van der Waals surface area contributed by atoms with Crippen molar-refractivity contribution in [1.82, 2.24) is 0 Å². The smallest absolute Gasteiger partial charge is 0.000122 e. The fourth-order valence-corrected chi connectivity index (χ4v) is 2.51. The molecule has 1 aliphatic carbocycles. The molecule has 0 aromatic rings. The number of allylic oxidation sites excluding steroid dienone is 2. The summed E-state index contributed by atoms with van der Waals surface area (Å²) in [6.07, 6.45) is 2.42. The van der Waals surface area contributed by atoms with Gasteiger partial charge in [-0.25, -0.2) is 0 Å². The second kappa shape index (κ2) is 3.48. The molecule has 0 fully saturated rings. The summed E-state index contributed by atoms with van der Waals surface area (Å²) in [5, 5.41) is 0. The Kier molecular flexibility index (Phi) is 3.10. The van der Waals surface area contributed by atoms with Crippen molar-refractivity contribution in [3.05, 3.63) is 8.48 Å². The summed E-state index contributed by atoms with van der Waals surface area (Å²) < 4.78 is 1.46. The van der Waals surface area contributed by atoms with E-state index in [4.69, 9.17) is 0 Å². The Hall–Kier alpha value is 0.820. The molecule has 58 valence electrons. The summed E-state index contributed by atoms with van der Waals surface area (Å²) in [6, 6.07) is 0. The highest BCUT2D eigenvalue weighted by Gasteiger charge is 2.20. The molecule has 0 heterocycles. The lowest BCUT2D eigenvalue weighted by atomic mass is 9.86. The van der Waals surface area contributed by atoms with Crippen molar-refractivity contribution < 1.29 is 0 Å². The van der Waals surface area contributed by atoms with Gasteiger partial charge in [-0.3, -0.25) is 0 Å². The zero-order valence-corrected chi connectivity index (χ0v) is 9.45. The number of rotatable bonds is 0. The molecule has 1 aliphatic rings. The van der Waals surface area contributed by atoms with Crippen LogP contribution in [-0.2, 0) is 0 Å². The lowest BCUT2D eigenvalue weighted by molar-refractivity contribution is 0.376. The van der Waals surface area contributed by atoms with Crippen molar-refractivity contribution in [3.8, 4) is 0 Å². The van der Waals surface area contributed by atoms with Crippen LogP contribution in [0.2, 0.25) is 0 Å². The van der Waals surface area contributed by atoms with E-state index in [-0.39, 0.29) is 0 Å². The van der Waals surface area contributed by atoms with Crippen molar-refractivity contribution in [2.45, 2.75) is 26.7 Å². The molecule has 10 heavy (non-hydrogen) atoms. The molecule has 0 aromatic carbocycles. The first-order valence-electron chi connectivity index (χ1n) is 3.67.